The summed E-state index contributed by atoms with van der Waals surface area (Å²) in [6, 6.07) is 159. The Hall–Kier alpha value is -14.8. The van der Waals surface area contributed by atoms with Crippen LogP contribution >= 0.6 is 0 Å². The lowest BCUT2D eigenvalue weighted by Gasteiger charge is -2.14. The average Bonchev–Trinajstić information content (AvgIpc) is 1.59. The van der Waals surface area contributed by atoms with E-state index in [1.165, 1.54) is 176 Å². The molecular weight excluding hydrogens is 1350 g/mol. The standard InChI is InChI=1S/2C54H36N2/c1-4-14-37(15-5-1)40-24-28-45(29-25-40)55-51-22-12-10-20-47(51)49-35-41(26-30-53(49)55)42-27-31-54-50(36-42)48-21-11-13-23-52(48)56(54)46-33-43(38-16-6-2-7-17-38)32-44(34-46)39-18-8-3-9-19-39;1-3-14-37(15-4-1)38-26-30-43(31-27-38)55-51-24-11-9-22-47(51)49-35-40(28-32-53(49)55)41-29-33-54-50(36-41)48-23-10-12-25-52(48)56(54)44-19-13-18-42(34-44)46-21-8-7-20-45(46)39-16-5-2-6-17-39/h2*1-36H. The van der Waals surface area contributed by atoms with Crippen LogP contribution in [0.2, 0.25) is 0 Å². The first-order chi connectivity index (χ1) is 55.5. The second-order valence-corrected chi connectivity index (χ2v) is 29.1. The smallest absolute Gasteiger partial charge is 0.0541 e. The van der Waals surface area contributed by atoms with E-state index in [0.717, 1.165) is 22.7 Å². The monoisotopic (exact) mass is 1420 g/mol. The van der Waals surface area contributed by atoms with Crippen molar-refractivity contribution in [3.63, 3.8) is 0 Å². The van der Waals surface area contributed by atoms with E-state index < -0.39 is 0 Å². The molecule has 22 rings (SSSR count). The predicted molar refractivity (Wildman–Crippen MR) is 474 cm³/mol. The van der Waals surface area contributed by atoms with Crippen LogP contribution in [-0.4, -0.2) is 18.3 Å². The highest BCUT2D eigenvalue weighted by atomic mass is 15.0. The molecular formula is C108H72N4. The summed E-state index contributed by atoms with van der Waals surface area (Å²) < 4.78 is 9.65. The molecule has 22 aromatic rings. The van der Waals surface area contributed by atoms with Crippen molar-refractivity contribution in [3.05, 3.63) is 437 Å². The largest absolute Gasteiger partial charge is 0.309 e. The van der Waals surface area contributed by atoms with Crippen molar-refractivity contribution in [3.8, 4) is 112 Å². The van der Waals surface area contributed by atoms with E-state index in [1.807, 2.05) is 0 Å². The first kappa shape index (κ1) is 65.5. The molecule has 4 aromatic heterocycles. The Balaban J connectivity index is 0.000000141. The summed E-state index contributed by atoms with van der Waals surface area (Å²) in [6.07, 6.45) is 0. The zero-order valence-corrected chi connectivity index (χ0v) is 61.4. The highest BCUT2D eigenvalue weighted by Crippen LogP contribution is 2.44. The number of fused-ring (bicyclic) bond motifs is 12. The van der Waals surface area contributed by atoms with Crippen LogP contribution in [-0.2, 0) is 0 Å². The van der Waals surface area contributed by atoms with Gasteiger partial charge in [-0.3, -0.25) is 0 Å². The average molecular weight is 1430 g/mol. The van der Waals surface area contributed by atoms with Gasteiger partial charge in [-0.15, -0.1) is 0 Å². The van der Waals surface area contributed by atoms with Crippen LogP contribution in [0.5, 0.6) is 0 Å². The third-order valence-corrected chi connectivity index (χ3v) is 22.6. The molecule has 0 fully saturated rings. The minimum atomic E-state index is 1.15. The Bertz CT molecular complexity index is 7250. The van der Waals surface area contributed by atoms with E-state index in [4.69, 9.17) is 0 Å². The minimum absolute atomic E-state index is 1.15. The molecule has 0 aliphatic rings. The van der Waals surface area contributed by atoms with E-state index in [-0.39, 0.29) is 0 Å². The van der Waals surface area contributed by atoms with Gasteiger partial charge >= 0.3 is 0 Å². The molecule has 4 heterocycles. The van der Waals surface area contributed by atoms with Crippen LogP contribution in [0.15, 0.2) is 437 Å². The molecule has 524 valence electrons. The van der Waals surface area contributed by atoms with Gasteiger partial charge in [-0.2, -0.15) is 0 Å². The molecule has 0 saturated carbocycles. The summed E-state index contributed by atoms with van der Waals surface area (Å²) in [4.78, 5) is 0. The van der Waals surface area contributed by atoms with Gasteiger partial charge in [0.2, 0.25) is 0 Å². The number of hydrogen-bond acceptors (Lipinski definition) is 0. The molecule has 0 amide bonds. The lowest BCUT2D eigenvalue weighted by Crippen LogP contribution is -1.96. The molecule has 0 radical (unpaired) electrons. The van der Waals surface area contributed by atoms with Crippen molar-refractivity contribution in [2.24, 2.45) is 0 Å². The number of rotatable bonds is 12. The van der Waals surface area contributed by atoms with E-state index in [2.05, 4.69) is 455 Å². The van der Waals surface area contributed by atoms with E-state index in [1.54, 1.807) is 0 Å². The van der Waals surface area contributed by atoms with Gasteiger partial charge in [0.1, 0.15) is 0 Å². The second kappa shape index (κ2) is 27.7. The molecule has 4 heteroatoms. The fourth-order valence-corrected chi connectivity index (χ4v) is 17.3. The summed E-state index contributed by atoms with van der Waals surface area (Å²) in [7, 11) is 0. The van der Waals surface area contributed by atoms with Gasteiger partial charge in [-0.1, -0.05) is 309 Å². The molecule has 18 aromatic carbocycles. The Labute approximate surface area is 649 Å². The molecule has 0 aliphatic carbocycles. The molecule has 0 aliphatic heterocycles. The van der Waals surface area contributed by atoms with Gasteiger partial charge in [0.25, 0.3) is 0 Å². The topological polar surface area (TPSA) is 19.7 Å². The van der Waals surface area contributed by atoms with Crippen molar-refractivity contribution in [2.45, 2.75) is 0 Å². The zero-order valence-electron chi connectivity index (χ0n) is 61.4. The van der Waals surface area contributed by atoms with Crippen molar-refractivity contribution in [2.75, 3.05) is 0 Å². The van der Waals surface area contributed by atoms with Gasteiger partial charge in [0.15, 0.2) is 0 Å². The Morgan fingerprint density at radius 2 is 0.348 bits per heavy atom. The maximum Gasteiger partial charge on any atom is 0.0541 e. The lowest BCUT2D eigenvalue weighted by molar-refractivity contribution is 1.18. The maximum atomic E-state index is 2.44. The molecule has 0 saturated heterocycles. The number of para-hydroxylation sites is 4. The predicted octanol–water partition coefficient (Wildman–Crippen LogP) is 29.1. The minimum Gasteiger partial charge on any atom is -0.309 e. The third kappa shape index (κ3) is 11.6. The highest BCUT2D eigenvalue weighted by Gasteiger charge is 2.21. The van der Waals surface area contributed by atoms with Gasteiger partial charge in [-0.05, 0) is 216 Å². The van der Waals surface area contributed by atoms with Crippen LogP contribution in [0.1, 0.15) is 0 Å². The van der Waals surface area contributed by atoms with E-state index in [9.17, 15) is 0 Å². The van der Waals surface area contributed by atoms with Gasteiger partial charge < -0.3 is 18.3 Å². The number of nitrogens with zero attached hydrogens (tertiary/aromatic N) is 4. The molecule has 4 nitrogen and oxygen atoms in total. The van der Waals surface area contributed by atoms with Crippen LogP contribution in [0.25, 0.3) is 199 Å². The third-order valence-electron chi connectivity index (χ3n) is 22.6. The van der Waals surface area contributed by atoms with Crippen LogP contribution in [0.3, 0.4) is 0 Å². The first-order valence-electron chi connectivity index (χ1n) is 38.5. The SMILES string of the molecule is c1ccc(-c2ccc(-n3c4ccccc4c4cc(-c5ccc6c(c5)c5ccccc5n6-c5cc(-c6ccccc6)cc(-c6ccccc6)c5)ccc43)cc2)cc1.c1ccc(-c2ccc(-n3c4ccccc4c4cc(-c5ccc6c(c5)c5ccccc5n6-c5cccc(-c6ccccc6-c6ccccc6)c5)ccc43)cc2)cc1. The Kier molecular flexibility index (Phi) is 16.2. The van der Waals surface area contributed by atoms with Crippen molar-refractivity contribution in [1.29, 1.82) is 0 Å². The van der Waals surface area contributed by atoms with E-state index in [0.29, 0.717) is 0 Å². The van der Waals surface area contributed by atoms with Gasteiger partial charge in [-0.25, -0.2) is 0 Å². The molecule has 112 heavy (non-hydrogen) atoms. The first-order valence-corrected chi connectivity index (χ1v) is 38.5. The normalized spacial score (nSPS) is 11.6. The number of hydrogen-bond donors (Lipinski definition) is 0. The zero-order chi connectivity index (χ0) is 74.0. The van der Waals surface area contributed by atoms with Crippen LogP contribution < -0.4 is 0 Å². The molecule has 0 spiro atoms. The van der Waals surface area contributed by atoms with Crippen molar-refractivity contribution in [1.82, 2.24) is 18.3 Å². The number of aromatic nitrogens is 4. The Morgan fingerprint density at radius 1 is 0.107 bits per heavy atom. The fraction of sp³-hybridized carbons (Fsp3) is 0. The van der Waals surface area contributed by atoms with Gasteiger partial charge in [0.05, 0.1) is 44.1 Å². The maximum absolute atomic E-state index is 2.44. The quantitative estimate of drug-likeness (QED) is 0.116. The molecule has 0 N–H and O–H groups in total. The summed E-state index contributed by atoms with van der Waals surface area (Å²) in [5.74, 6) is 0. The highest BCUT2D eigenvalue weighted by molar-refractivity contribution is 6.15. The summed E-state index contributed by atoms with van der Waals surface area (Å²) in [5, 5.41) is 9.98. The Morgan fingerprint density at radius 3 is 0.705 bits per heavy atom. The molecule has 0 atom stereocenters. The summed E-state index contributed by atoms with van der Waals surface area (Å²) >= 11 is 0. The van der Waals surface area contributed by atoms with Crippen molar-refractivity contribution >= 4 is 87.2 Å². The molecule has 0 bridgehead atoms. The summed E-state index contributed by atoms with van der Waals surface area (Å²) in [6.45, 7) is 0. The fourth-order valence-electron chi connectivity index (χ4n) is 17.3. The lowest BCUT2D eigenvalue weighted by atomic mass is 9.94. The summed E-state index contributed by atoms with van der Waals surface area (Å²) in [5.41, 5.74) is 33.6. The number of benzene rings is 18. The van der Waals surface area contributed by atoms with Crippen LogP contribution in [0, 0.1) is 0 Å². The van der Waals surface area contributed by atoms with Crippen molar-refractivity contribution < 1.29 is 0 Å². The van der Waals surface area contributed by atoms with Crippen LogP contribution in [0.4, 0.5) is 0 Å². The van der Waals surface area contributed by atoms with E-state index >= 15 is 0 Å². The second-order valence-electron chi connectivity index (χ2n) is 29.1. The van der Waals surface area contributed by atoms with Gasteiger partial charge in [0, 0.05) is 65.8 Å². The molecule has 0 unspecified atom stereocenters.